The van der Waals surface area contributed by atoms with Gasteiger partial charge in [0.05, 0.1) is 0 Å². The predicted molar refractivity (Wildman–Crippen MR) is 73.6 cm³/mol. The summed E-state index contributed by atoms with van der Waals surface area (Å²) in [6.45, 7) is 7.20. The van der Waals surface area contributed by atoms with Gasteiger partial charge in [-0.15, -0.1) is 0 Å². The fraction of sp³-hybridized carbons (Fsp3) is 0.467. The van der Waals surface area contributed by atoms with Gasteiger partial charge in [0.15, 0.2) is 0 Å². The first-order chi connectivity index (χ1) is 9.19. The van der Waals surface area contributed by atoms with Gasteiger partial charge in [0, 0.05) is 18.2 Å². The number of halogens is 1. The third kappa shape index (κ3) is 5.73. The molecule has 0 amide bonds. The largest absolute Gasteiger partial charge is 0.492 e. The van der Waals surface area contributed by atoms with E-state index in [2.05, 4.69) is 30.6 Å². The quantitative estimate of drug-likeness (QED) is 0.797. The van der Waals surface area contributed by atoms with Gasteiger partial charge in [-0.3, -0.25) is 0 Å². The van der Waals surface area contributed by atoms with Gasteiger partial charge in [0.1, 0.15) is 24.8 Å². The van der Waals surface area contributed by atoms with Crippen LogP contribution in [0.3, 0.4) is 0 Å². The molecule has 0 unspecified atom stereocenters. The summed E-state index contributed by atoms with van der Waals surface area (Å²) in [6, 6.07) is 4.33. The first kappa shape index (κ1) is 15.5. The van der Waals surface area contributed by atoms with Gasteiger partial charge >= 0.3 is 0 Å². The summed E-state index contributed by atoms with van der Waals surface area (Å²) in [5.74, 6) is 5.23. The third-order valence-corrected chi connectivity index (χ3v) is 2.75. The molecule has 0 saturated heterocycles. The summed E-state index contributed by atoms with van der Waals surface area (Å²) in [7, 11) is 0. The third-order valence-electron chi connectivity index (χ3n) is 2.75. The molecule has 0 aliphatic heterocycles. The molecule has 0 atom stereocenters. The molecular weight excluding hydrogens is 245 g/mol. The number of hydrogen-bond acceptors (Lipinski definition) is 3. The van der Waals surface area contributed by atoms with E-state index in [1.54, 1.807) is 6.07 Å². The molecule has 1 N–H and O–H groups in total. The van der Waals surface area contributed by atoms with Crippen LogP contribution < -0.4 is 4.74 Å². The van der Waals surface area contributed by atoms with Crippen LogP contribution in [0.1, 0.15) is 19.4 Å². The molecule has 0 saturated carbocycles. The zero-order valence-electron chi connectivity index (χ0n) is 11.4. The Balaban J connectivity index is 2.60. The number of aliphatic hydroxyl groups is 1. The maximum atomic E-state index is 13.4. The van der Waals surface area contributed by atoms with Crippen molar-refractivity contribution in [1.82, 2.24) is 4.90 Å². The minimum absolute atomic E-state index is 0.241. The van der Waals surface area contributed by atoms with Crippen molar-refractivity contribution in [2.24, 2.45) is 0 Å². The molecule has 104 valence electrons. The Bertz CT molecular complexity index is 447. The Labute approximate surface area is 114 Å². The van der Waals surface area contributed by atoms with Crippen LogP contribution >= 0.6 is 0 Å². The maximum Gasteiger partial charge on any atom is 0.128 e. The lowest BCUT2D eigenvalue weighted by molar-refractivity contribution is 0.222. The predicted octanol–water partition coefficient (Wildman–Crippen LogP) is 1.89. The minimum atomic E-state index is -0.387. The van der Waals surface area contributed by atoms with Crippen LogP contribution in [-0.4, -0.2) is 42.9 Å². The molecule has 0 radical (unpaired) electrons. The first-order valence-corrected chi connectivity index (χ1v) is 6.45. The smallest absolute Gasteiger partial charge is 0.128 e. The lowest BCUT2D eigenvalue weighted by Gasteiger charge is -2.18. The van der Waals surface area contributed by atoms with Crippen LogP contribution in [0.25, 0.3) is 0 Å². The van der Waals surface area contributed by atoms with E-state index in [9.17, 15) is 4.39 Å². The van der Waals surface area contributed by atoms with Gasteiger partial charge in [-0.2, -0.15) is 0 Å². The number of likely N-dealkylation sites (N-methyl/N-ethyl adjacent to an activating group) is 1. The van der Waals surface area contributed by atoms with Crippen LogP contribution in [0.5, 0.6) is 5.75 Å². The molecule has 1 aromatic rings. The molecule has 1 rings (SSSR count). The van der Waals surface area contributed by atoms with E-state index in [1.165, 1.54) is 12.1 Å². The Hall–Kier alpha value is -1.57. The monoisotopic (exact) mass is 265 g/mol. The lowest BCUT2D eigenvalue weighted by Crippen LogP contribution is -2.27. The van der Waals surface area contributed by atoms with E-state index in [4.69, 9.17) is 9.84 Å². The van der Waals surface area contributed by atoms with Gasteiger partial charge in [-0.25, -0.2) is 4.39 Å². The highest BCUT2D eigenvalue weighted by Gasteiger charge is 2.02. The van der Waals surface area contributed by atoms with Crippen molar-refractivity contribution in [3.05, 3.63) is 29.6 Å². The highest BCUT2D eigenvalue weighted by molar-refractivity contribution is 5.40. The van der Waals surface area contributed by atoms with Crippen LogP contribution in [0.15, 0.2) is 18.2 Å². The number of benzene rings is 1. The van der Waals surface area contributed by atoms with Crippen LogP contribution in [0.2, 0.25) is 0 Å². The van der Waals surface area contributed by atoms with Crippen molar-refractivity contribution in [3.63, 3.8) is 0 Å². The highest BCUT2D eigenvalue weighted by atomic mass is 19.1. The molecule has 3 nitrogen and oxygen atoms in total. The fourth-order valence-electron chi connectivity index (χ4n) is 1.69. The summed E-state index contributed by atoms with van der Waals surface area (Å²) in [5, 5.41) is 8.62. The van der Waals surface area contributed by atoms with Crippen molar-refractivity contribution in [2.45, 2.75) is 13.8 Å². The zero-order valence-corrected chi connectivity index (χ0v) is 11.4. The Morgan fingerprint density at radius 3 is 2.63 bits per heavy atom. The van der Waals surface area contributed by atoms with E-state index in [1.807, 2.05) is 0 Å². The number of rotatable bonds is 6. The summed E-state index contributed by atoms with van der Waals surface area (Å²) >= 11 is 0. The molecule has 0 aromatic heterocycles. The summed E-state index contributed by atoms with van der Waals surface area (Å²) in [6.07, 6.45) is 0. The normalized spacial score (nSPS) is 10.2. The summed E-state index contributed by atoms with van der Waals surface area (Å²) in [5.41, 5.74) is 0.506. The number of ether oxygens (including phenoxy) is 1. The second kappa shape index (κ2) is 8.52. The van der Waals surface area contributed by atoms with Crippen molar-refractivity contribution >= 4 is 0 Å². The molecule has 4 heteroatoms. The van der Waals surface area contributed by atoms with E-state index < -0.39 is 0 Å². The Morgan fingerprint density at radius 1 is 1.26 bits per heavy atom. The van der Waals surface area contributed by atoms with E-state index in [0.717, 1.165) is 19.6 Å². The van der Waals surface area contributed by atoms with Crippen LogP contribution in [0.4, 0.5) is 4.39 Å². The standard InChI is InChI=1S/C15H20FNO2/c1-3-17(4-2)7-9-19-15-11-13(6-5-8-18)10-14(16)12-15/h10-12,18H,3-4,7-9H2,1-2H3. The van der Waals surface area contributed by atoms with E-state index in [0.29, 0.717) is 17.9 Å². The zero-order chi connectivity index (χ0) is 14.1. The highest BCUT2D eigenvalue weighted by Crippen LogP contribution is 2.15. The van der Waals surface area contributed by atoms with E-state index in [-0.39, 0.29) is 12.4 Å². The van der Waals surface area contributed by atoms with Crippen molar-refractivity contribution in [1.29, 1.82) is 0 Å². The van der Waals surface area contributed by atoms with Gasteiger partial charge in [0.25, 0.3) is 0 Å². The van der Waals surface area contributed by atoms with Crippen LogP contribution in [-0.2, 0) is 0 Å². The van der Waals surface area contributed by atoms with Gasteiger partial charge < -0.3 is 14.7 Å². The second-order valence-corrected chi connectivity index (χ2v) is 4.01. The molecule has 0 aliphatic carbocycles. The van der Waals surface area contributed by atoms with Gasteiger partial charge in [-0.1, -0.05) is 25.7 Å². The lowest BCUT2D eigenvalue weighted by atomic mass is 10.2. The summed E-state index contributed by atoms with van der Waals surface area (Å²) < 4.78 is 18.9. The van der Waals surface area contributed by atoms with Crippen molar-refractivity contribution in [2.75, 3.05) is 32.8 Å². The average Bonchev–Trinajstić information content (AvgIpc) is 2.41. The number of hydrogen-bond donors (Lipinski definition) is 1. The Morgan fingerprint density at radius 2 is 2.00 bits per heavy atom. The SMILES string of the molecule is CCN(CC)CCOc1cc(F)cc(C#CCO)c1. The summed E-state index contributed by atoms with van der Waals surface area (Å²) in [4.78, 5) is 2.23. The van der Waals surface area contributed by atoms with Crippen molar-refractivity contribution < 1.29 is 14.2 Å². The van der Waals surface area contributed by atoms with Crippen molar-refractivity contribution in [3.8, 4) is 17.6 Å². The fourth-order valence-corrected chi connectivity index (χ4v) is 1.69. The molecule has 0 bridgehead atoms. The molecular formula is C15H20FNO2. The molecule has 0 spiro atoms. The van der Waals surface area contributed by atoms with Gasteiger partial charge in [-0.05, 0) is 25.2 Å². The second-order valence-electron chi connectivity index (χ2n) is 4.01. The maximum absolute atomic E-state index is 13.4. The molecule has 1 aromatic carbocycles. The minimum Gasteiger partial charge on any atom is -0.492 e. The molecule has 0 fully saturated rings. The van der Waals surface area contributed by atoms with Crippen LogP contribution in [0, 0.1) is 17.7 Å². The first-order valence-electron chi connectivity index (χ1n) is 6.45. The topological polar surface area (TPSA) is 32.7 Å². The molecule has 0 heterocycles. The number of nitrogens with zero attached hydrogens (tertiary/aromatic N) is 1. The van der Waals surface area contributed by atoms with E-state index >= 15 is 0 Å². The van der Waals surface area contributed by atoms with Gasteiger partial charge in [0.2, 0.25) is 0 Å². The number of aliphatic hydroxyl groups excluding tert-OH is 1. The Kier molecular flexibility index (Phi) is 6.94. The average molecular weight is 265 g/mol. The molecule has 19 heavy (non-hydrogen) atoms. The molecule has 0 aliphatic rings.